The zero-order valence-electron chi connectivity index (χ0n) is 10.7. The molecule has 0 bridgehead atoms. The van der Waals surface area contributed by atoms with Gasteiger partial charge in [-0.3, -0.25) is 4.98 Å². The van der Waals surface area contributed by atoms with E-state index in [1.165, 1.54) is 25.4 Å². The van der Waals surface area contributed by atoms with Crippen LogP contribution in [0.1, 0.15) is 29.9 Å². The monoisotopic (exact) mass is 271 g/mol. The highest BCUT2D eigenvalue weighted by atomic mass is 32.2. The molecule has 0 unspecified atom stereocenters. The molecule has 0 amide bonds. The molecule has 0 atom stereocenters. The second-order valence-corrected chi connectivity index (χ2v) is 6.59. The lowest BCUT2D eigenvalue weighted by Crippen LogP contribution is -2.14. The largest absolute Gasteiger partial charge is 0.465 e. The Hall–Kier alpha value is -1.43. The highest BCUT2D eigenvalue weighted by Crippen LogP contribution is 2.09. The third-order valence-corrected chi connectivity index (χ3v) is 4.11. The van der Waals surface area contributed by atoms with Crippen molar-refractivity contribution >= 4 is 15.8 Å². The van der Waals surface area contributed by atoms with Gasteiger partial charge in [0.2, 0.25) is 0 Å². The first-order chi connectivity index (χ1) is 8.34. The van der Waals surface area contributed by atoms with Gasteiger partial charge in [0.15, 0.2) is 9.84 Å². The highest BCUT2D eigenvalue weighted by molar-refractivity contribution is 7.90. The molecule has 1 aromatic heterocycles. The minimum Gasteiger partial charge on any atom is -0.465 e. The van der Waals surface area contributed by atoms with Crippen LogP contribution in [0.2, 0.25) is 0 Å². The van der Waals surface area contributed by atoms with E-state index in [4.69, 9.17) is 0 Å². The van der Waals surface area contributed by atoms with E-state index in [0.29, 0.717) is 11.3 Å². The van der Waals surface area contributed by atoms with Gasteiger partial charge >= 0.3 is 5.97 Å². The van der Waals surface area contributed by atoms with Crippen LogP contribution in [0.4, 0.5) is 0 Å². The van der Waals surface area contributed by atoms with Gasteiger partial charge in [0.05, 0.1) is 29.9 Å². The lowest BCUT2D eigenvalue weighted by Gasteiger charge is -2.06. The SMILES string of the molecule is COC(=O)c1ccc(CS(=O)(=O)CC(C)C)nc1. The van der Waals surface area contributed by atoms with Crippen molar-refractivity contribution in [3.05, 3.63) is 29.6 Å². The van der Waals surface area contributed by atoms with Crippen LogP contribution in [0.5, 0.6) is 0 Å². The summed E-state index contributed by atoms with van der Waals surface area (Å²) in [6, 6.07) is 3.04. The molecule has 1 rings (SSSR count). The van der Waals surface area contributed by atoms with Crippen molar-refractivity contribution in [3.63, 3.8) is 0 Å². The molecule has 0 aliphatic carbocycles. The Labute approximate surface area is 107 Å². The van der Waals surface area contributed by atoms with Crippen LogP contribution in [-0.2, 0) is 20.3 Å². The Kier molecular flexibility index (Phi) is 4.84. The van der Waals surface area contributed by atoms with Gasteiger partial charge in [-0.1, -0.05) is 13.8 Å². The first kappa shape index (κ1) is 14.6. The average Bonchev–Trinajstić information content (AvgIpc) is 2.26. The van der Waals surface area contributed by atoms with Crippen molar-refractivity contribution in [2.24, 2.45) is 5.92 Å². The molecule has 0 saturated heterocycles. The second kappa shape index (κ2) is 5.95. The van der Waals surface area contributed by atoms with Gasteiger partial charge in [-0.15, -0.1) is 0 Å². The van der Waals surface area contributed by atoms with Crippen LogP contribution in [0.25, 0.3) is 0 Å². The van der Waals surface area contributed by atoms with Crippen LogP contribution in [-0.4, -0.2) is 32.2 Å². The zero-order chi connectivity index (χ0) is 13.8. The van der Waals surface area contributed by atoms with Gasteiger partial charge in [-0.2, -0.15) is 0 Å². The number of aromatic nitrogens is 1. The van der Waals surface area contributed by atoms with Gasteiger partial charge in [-0.05, 0) is 18.1 Å². The van der Waals surface area contributed by atoms with Crippen molar-refractivity contribution < 1.29 is 17.9 Å². The first-order valence-electron chi connectivity index (χ1n) is 5.57. The summed E-state index contributed by atoms with van der Waals surface area (Å²) in [7, 11) is -1.87. The van der Waals surface area contributed by atoms with E-state index in [-0.39, 0.29) is 17.4 Å². The summed E-state index contributed by atoms with van der Waals surface area (Å²) < 4.78 is 28.0. The minimum atomic E-state index is -3.15. The lowest BCUT2D eigenvalue weighted by atomic mass is 10.2. The molecule has 0 N–H and O–H groups in total. The highest BCUT2D eigenvalue weighted by Gasteiger charge is 2.15. The number of hydrogen-bond acceptors (Lipinski definition) is 5. The van der Waals surface area contributed by atoms with Gasteiger partial charge in [0.25, 0.3) is 0 Å². The number of carbonyl (C=O) groups is 1. The van der Waals surface area contributed by atoms with Crippen molar-refractivity contribution in [1.29, 1.82) is 0 Å². The fourth-order valence-electron chi connectivity index (χ4n) is 1.54. The van der Waals surface area contributed by atoms with E-state index in [2.05, 4.69) is 9.72 Å². The maximum Gasteiger partial charge on any atom is 0.339 e. The number of carbonyl (C=O) groups excluding carboxylic acids is 1. The van der Waals surface area contributed by atoms with Crippen molar-refractivity contribution in [2.75, 3.05) is 12.9 Å². The maximum atomic E-state index is 11.8. The van der Waals surface area contributed by atoms with E-state index in [9.17, 15) is 13.2 Å². The van der Waals surface area contributed by atoms with Gasteiger partial charge in [0.1, 0.15) is 0 Å². The molecule has 1 aromatic rings. The van der Waals surface area contributed by atoms with Crippen molar-refractivity contribution in [2.45, 2.75) is 19.6 Å². The number of esters is 1. The fourth-order valence-corrected chi connectivity index (χ4v) is 3.30. The summed E-state index contributed by atoms with van der Waals surface area (Å²) in [5, 5.41) is 0. The van der Waals surface area contributed by atoms with E-state index in [0.717, 1.165) is 0 Å². The summed E-state index contributed by atoms with van der Waals surface area (Å²) in [6.45, 7) is 3.71. The number of ether oxygens (including phenoxy) is 1. The number of methoxy groups -OCH3 is 1. The molecule has 0 radical (unpaired) electrons. The standard InChI is InChI=1S/C12H17NO4S/c1-9(2)7-18(15,16)8-11-5-4-10(6-13-11)12(14)17-3/h4-6,9H,7-8H2,1-3H3. The summed E-state index contributed by atoms with van der Waals surface area (Å²) in [5.41, 5.74) is 0.741. The maximum absolute atomic E-state index is 11.8. The van der Waals surface area contributed by atoms with Crippen LogP contribution < -0.4 is 0 Å². The topological polar surface area (TPSA) is 73.3 Å². The number of sulfone groups is 1. The number of pyridine rings is 1. The Morgan fingerprint density at radius 3 is 2.50 bits per heavy atom. The average molecular weight is 271 g/mol. The summed E-state index contributed by atoms with van der Waals surface area (Å²) in [4.78, 5) is 15.1. The lowest BCUT2D eigenvalue weighted by molar-refractivity contribution is 0.0600. The fraction of sp³-hybridized carbons (Fsp3) is 0.500. The molecule has 0 aliphatic heterocycles. The first-order valence-corrected chi connectivity index (χ1v) is 7.40. The Morgan fingerprint density at radius 1 is 1.39 bits per heavy atom. The Morgan fingerprint density at radius 2 is 2.06 bits per heavy atom. The van der Waals surface area contributed by atoms with Gasteiger partial charge < -0.3 is 4.74 Å². The Balaban J connectivity index is 2.78. The van der Waals surface area contributed by atoms with Crippen molar-refractivity contribution in [1.82, 2.24) is 4.98 Å². The van der Waals surface area contributed by atoms with Crippen LogP contribution >= 0.6 is 0 Å². The molecule has 0 saturated carbocycles. The van der Waals surface area contributed by atoms with Gasteiger partial charge in [-0.25, -0.2) is 13.2 Å². The molecular weight excluding hydrogens is 254 g/mol. The number of hydrogen-bond donors (Lipinski definition) is 0. The smallest absolute Gasteiger partial charge is 0.339 e. The summed E-state index contributed by atoms with van der Waals surface area (Å²) in [5.74, 6) is -0.372. The predicted molar refractivity (Wildman–Crippen MR) is 67.9 cm³/mol. The van der Waals surface area contributed by atoms with E-state index in [1.807, 2.05) is 13.8 Å². The minimum absolute atomic E-state index is 0.0874. The molecule has 6 heteroatoms. The van der Waals surface area contributed by atoms with Crippen LogP contribution in [0.15, 0.2) is 18.3 Å². The number of rotatable bonds is 5. The summed E-state index contributed by atoms with van der Waals surface area (Å²) >= 11 is 0. The molecule has 0 fully saturated rings. The number of nitrogens with zero attached hydrogens (tertiary/aromatic N) is 1. The normalized spacial score (nSPS) is 11.6. The predicted octanol–water partition coefficient (Wildman–Crippen LogP) is 1.44. The quantitative estimate of drug-likeness (QED) is 0.758. The molecule has 5 nitrogen and oxygen atoms in total. The molecule has 0 spiro atoms. The third-order valence-electron chi connectivity index (χ3n) is 2.20. The molecule has 0 aromatic carbocycles. The molecule has 1 heterocycles. The molecule has 18 heavy (non-hydrogen) atoms. The molecule has 100 valence electrons. The van der Waals surface area contributed by atoms with Crippen LogP contribution in [0.3, 0.4) is 0 Å². The second-order valence-electron chi connectivity index (χ2n) is 4.48. The molecule has 0 aliphatic rings. The van der Waals surface area contributed by atoms with Crippen molar-refractivity contribution in [3.8, 4) is 0 Å². The van der Waals surface area contributed by atoms with E-state index >= 15 is 0 Å². The Bertz CT molecular complexity index is 505. The van der Waals surface area contributed by atoms with Crippen LogP contribution in [0, 0.1) is 5.92 Å². The summed E-state index contributed by atoms with van der Waals surface area (Å²) in [6.07, 6.45) is 1.33. The van der Waals surface area contributed by atoms with Gasteiger partial charge in [0, 0.05) is 6.20 Å². The van der Waals surface area contributed by atoms with E-state index in [1.54, 1.807) is 0 Å². The van der Waals surface area contributed by atoms with E-state index < -0.39 is 15.8 Å². The third kappa shape index (κ3) is 4.44. The zero-order valence-corrected chi connectivity index (χ0v) is 11.5. The molecular formula is C12H17NO4S.